The van der Waals surface area contributed by atoms with E-state index < -0.39 is 0 Å². The lowest BCUT2D eigenvalue weighted by atomic mass is 10.0. The highest BCUT2D eigenvalue weighted by atomic mass is 16.5. The molecule has 0 radical (unpaired) electrons. The molecule has 33 heavy (non-hydrogen) atoms. The molecule has 0 aliphatic rings. The van der Waals surface area contributed by atoms with Gasteiger partial charge in [0.15, 0.2) is 5.82 Å². The topological polar surface area (TPSA) is 81.9 Å². The molecule has 0 unspecified atom stereocenters. The van der Waals surface area contributed by atoms with Crippen LogP contribution in [0.2, 0.25) is 0 Å². The molecule has 0 aliphatic carbocycles. The van der Waals surface area contributed by atoms with Crippen molar-refractivity contribution in [3.63, 3.8) is 0 Å². The van der Waals surface area contributed by atoms with E-state index in [-0.39, 0.29) is 5.91 Å². The molecule has 0 bridgehead atoms. The van der Waals surface area contributed by atoms with Crippen LogP contribution in [0.15, 0.2) is 91.3 Å². The van der Waals surface area contributed by atoms with Crippen molar-refractivity contribution in [3.05, 3.63) is 103 Å². The van der Waals surface area contributed by atoms with Crippen LogP contribution in [-0.2, 0) is 11.2 Å². The minimum absolute atomic E-state index is 0.0729. The highest BCUT2D eigenvalue weighted by Crippen LogP contribution is 2.23. The zero-order valence-corrected chi connectivity index (χ0v) is 18.0. The summed E-state index contributed by atoms with van der Waals surface area (Å²) >= 11 is 0. The first kappa shape index (κ1) is 20.4. The van der Waals surface area contributed by atoms with E-state index in [0.717, 1.165) is 22.2 Å². The lowest BCUT2D eigenvalue weighted by molar-refractivity contribution is -0.115. The number of nitrogens with zero attached hydrogens (tertiary/aromatic N) is 4. The number of carbonyl (C=O) groups is 1. The summed E-state index contributed by atoms with van der Waals surface area (Å²) in [5.74, 6) is 2.40. The third kappa shape index (κ3) is 4.57. The normalized spacial score (nSPS) is 10.8. The number of fused-ring (bicyclic) bond motifs is 1. The van der Waals surface area contributed by atoms with Crippen molar-refractivity contribution in [2.24, 2.45) is 0 Å². The maximum atomic E-state index is 12.6. The molecule has 5 aromatic rings. The summed E-state index contributed by atoms with van der Waals surface area (Å²) in [4.78, 5) is 16.8. The summed E-state index contributed by atoms with van der Waals surface area (Å²) in [6.45, 7) is 1.90. The van der Waals surface area contributed by atoms with Crippen molar-refractivity contribution in [2.45, 2.75) is 13.3 Å². The molecule has 1 N–H and O–H groups in total. The van der Waals surface area contributed by atoms with Gasteiger partial charge in [-0.2, -0.15) is 0 Å². The summed E-state index contributed by atoms with van der Waals surface area (Å²) < 4.78 is 7.61. The van der Waals surface area contributed by atoms with Gasteiger partial charge in [0.2, 0.25) is 11.8 Å². The third-order valence-corrected chi connectivity index (χ3v) is 5.29. The molecule has 7 nitrogen and oxygen atoms in total. The van der Waals surface area contributed by atoms with Gasteiger partial charge in [0.1, 0.15) is 11.6 Å². The minimum Gasteiger partial charge on any atom is -0.438 e. The molecule has 162 valence electrons. The second-order valence-corrected chi connectivity index (χ2v) is 7.56. The lowest BCUT2D eigenvalue weighted by Crippen LogP contribution is -2.14. The molecule has 1 amide bonds. The molecule has 0 saturated carbocycles. The number of aryl methyl sites for hydroxylation is 1. The van der Waals surface area contributed by atoms with Crippen molar-refractivity contribution in [3.8, 4) is 17.4 Å². The first-order chi connectivity index (χ1) is 16.2. The lowest BCUT2D eigenvalue weighted by Gasteiger charge is -2.09. The molecule has 0 fully saturated rings. The van der Waals surface area contributed by atoms with Crippen molar-refractivity contribution >= 4 is 22.4 Å². The fraction of sp³-hybridized carbons (Fsp3) is 0.0769. The monoisotopic (exact) mass is 435 g/mol. The van der Waals surface area contributed by atoms with Gasteiger partial charge in [0, 0.05) is 24.1 Å². The van der Waals surface area contributed by atoms with Gasteiger partial charge in [-0.05, 0) is 53.6 Å². The Bertz CT molecular complexity index is 1400. The van der Waals surface area contributed by atoms with Gasteiger partial charge in [-0.3, -0.25) is 9.36 Å². The van der Waals surface area contributed by atoms with E-state index in [1.807, 2.05) is 66.2 Å². The molecule has 2 aromatic heterocycles. The molecule has 0 spiro atoms. The standard InChI is InChI=1S/C26H21N5O2/c1-18-27-15-16-31(18)24-13-14-26(30-29-24)33-22-11-9-21(10-12-22)28-25(32)17-20-7-4-6-19-5-2-3-8-23(19)20/h2-16H,17H2,1H3,(H,28,32). The summed E-state index contributed by atoms with van der Waals surface area (Å²) in [5.41, 5.74) is 1.70. The molecule has 5 rings (SSSR count). The number of imidazole rings is 1. The Hall–Kier alpha value is -4.52. The Labute approximate surface area is 190 Å². The Morgan fingerprint density at radius 3 is 2.52 bits per heavy atom. The van der Waals surface area contributed by atoms with Crippen LogP contribution in [0.25, 0.3) is 16.6 Å². The average Bonchev–Trinajstić information content (AvgIpc) is 3.27. The van der Waals surface area contributed by atoms with Crippen LogP contribution in [-0.4, -0.2) is 25.7 Å². The predicted octanol–water partition coefficient (Wildman–Crippen LogP) is 5.10. The SMILES string of the molecule is Cc1nccn1-c1ccc(Oc2ccc(NC(=O)Cc3cccc4ccccc34)cc2)nn1. The number of nitrogens with one attached hydrogen (secondary N) is 1. The fourth-order valence-corrected chi connectivity index (χ4v) is 3.67. The van der Waals surface area contributed by atoms with Crippen molar-refractivity contribution in [1.82, 2.24) is 19.7 Å². The maximum absolute atomic E-state index is 12.6. The predicted molar refractivity (Wildman–Crippen MR) is 127 cm³/mol. The van der Waals surface area contributed by atoms with Gasteiger partial charge in [-0.15, -0.1) is 10.2 Å². The van der Waals surface area contributed by atoms with Crippen molar-refractivity contribution in [1.29, 1.82) is 0 Å². The second-order valence-electron chi connectivity index (χ2n) is 7.56. The first-order valence-electron chi connectivity index (χ1n) is 10.5. The number of hydrogen-bond donors (Lipinski definition) is 1. The number of ether oxygens (including phenoxy) is 1. The number of aromatic nitrogens is 4. The van der Waals surface area contributed by atoms with Crippen LogP contribution in [0.1, 0.15) is 11.4 Å². The number of benzene rings is 3. The molecule has 0 aliphatic heterocycles. The molecular weight excluding hydrogens is 414 g/mol. The van der Waals surface area contributed by atoms with Crippen LogP contribution in [0.4, 0.5) is 5.69 Å². The largest absolute Gasteiger partial charge is 0.438 e. The highest BCUT2D eigenvalue weighted by molar-refractivity contribution is 5.96. The van der Waals surface area contributed by atoms with Crippen molar-refractivity contribution < 1.29 is 9.53 Å². The third-order valence-electron chi connectivity index (χ3n) is 5.29. The molecule has 0 atom stereocenters. The van der Waals surface area contributed by atoms with Gasteiger partial charge >= 0.3 is 0 Å². The smallest absolute Gasteiger partial charge is 0.238 e. The van der Waals surface area contributed by atoms with E-state index in [2.05, 4.69) is 20.5 Å². The van der Waals surface area contributed by atoms with Crippen LogP contribution < -0.4 is 10.1 Å². The van der Waals surface area contributed by atoms with Gasteiger partial charge in [0.05, 0.1) is 6.42 Å². The fourth-order valence-electron chi connectivity index (χ4n) is 3.67. The zero-order chi connectivity index (χ0) is 22.6. The number of amides is 1. The number of anilines is 1. The van der Waals surface area contributed by atoms with E-state index in [4.69, 9.17) is 4.74 Å². The molecule has 2 heterocycles. The number of carbonyl (C=O) groups excluding carboxylic acids is 1. The second kappa shape index (κ2) is 8.92. The molecule has 0 saturated heterocycles. The number of hydrogen-bond acceptors (Lipinski definition) is 5. The Morgan fingerprint density at radius 1 is 0.939 bits per heavy atom. The summed E-state index contributed by atoms with van der Waals surface area (Å²) in [7, 11) is 0. The summed E-state index contributed by atoms with van der Waals surface area (Å²) in [6, 6.07) is 24.8. The zero-order valence-electron chi connectivity index (χ0n) is 18.0. The van der Waals surface area contributed by atoms with Gasteiger partial charge in [-0.1, -0.05) is 42.5 Å². The van der Waals surface area contributed by atoms with E-state index in [9.17, 15) is 4.79 Å². The van der Waals surface area contributed by atoms with Crippen LogP contribution in [0.3, 0.4) is 0 Å². The molecule has 3 aromatic carbocycles. The van der Waals surface area contributed by atoms with Gasteiger partial charge in [0.25, 0.3) is 0 Å². The van der Waals surface area contributed by atoms with Gasteiger partial charge in [-0.25, -0.2) is 4.98 Å². The summed E-state index contributed by atoms with van der Waals surface area (Å²) in [5, 5.41) is 13.5. The first-order valence-corrected chi connectivity index (χ1v) is 10.5. The Balaban J connectivity index is 1.21. The molecule has 7 heteroatoms. The molecular formula is C26H21N5O2. The van der Waals surface area contributed by atoms with Gasteiger partial charge < -0.3 is 10.1 Å². The van der Waals surface area contributed by atoms with Crippen LogP contribution in [0.5, 0.6) is 11.6 Å². The Morgan fingerprint density at radius 2 is 1.76 bits per heavy atom. The highest BCUT2D eigenvalue weighted by Gasteiger charge is 2.08. The average molecular weight is 435 g/mol. The van der Waals surface area contributed by atoms with Crippen LogP contribution in [0, 0.1) is 6.92 Å². The summed E-state index contributed by atoms with van der Waals surface area (Å²) in [6.07, 6.45) is 3.84. The maximum Gasteiger partial charge on any atom is 0.238 e. The minimum atomic E-state index is -0.0729. The van der Waals surface area contributed by atoms with E-state index >= 15 is 0 Å². The number of rotatable bonds is 6. The van der Waals surface area contributed by atoms with E-state index in [1.165, 1.54) is 0 Å². The quantitative estimate of drug-likeness (QED) is 0.401. The Kier molecular flexibility index (Phi) is 5.51. The van der Waals surface area contributed by atoms with Crippen LogP contribution >= 0.6 is 0 Å². The van der Waals surface area contributed by atoms with E-state index in [1.54, 1.807) is 36.5 Å². The van der Waals surface area contributed by atoms with Crippen molar-refractivity contribution in [2.75, 3.05) is 5.32 Å². The van der Waals surface area contributed by atoms with E-state index in [0.29, 0.717) is 29.6 Å².